The first-order chi connectivity index (χ1) is 13.6. The van der Waals surface area contributed by atoms with E-state index in [1.54, 1.807) is 12.5 Å². The molecule has 0 aliphatic carbocycles. The fourth-order valence-electron chi connectivity index (χ4n) is 2.67. The Labute approximate surface area is 167 Å². The molecule has 0 radical (unpaired) electrons. The molecular formula is C21H22N2O4S. The molecule has 3 aromatic rings. The molecule has 0 fully saturated rings. The fraction of sp³-hybridized carbons (Fsp3) is 0.238. The molecule has 1 amide bonds. The number of thiazole rings is 1. The summed E-state index contributed by atoms with van der Waals surface area (Å²) in [7, 11) is 1.58. The molecule has 1 aromatic heterocycles. The van der Waals surface area contributed by atoms with Gasteiger partial charge >= 0.3 is 4.87 Å². The molecule has 0 unspecified atom stereocenters. The van der Waals surface area contributed by atoms with Gasteiger partial charge in [0.1, 0.15) is 13.2 Å². The van der Waals surface area contributed by atoms with Crippen LogP contribution in [0.5, 0.6) is 11.5 Å². The number of hydrogen-bond donors (Lipinski definition) is 1. The third kappa shape index (κ3) is 5.01. The summed E-state index contributed by atoms with van der Waals surface area (Å²) in [6.07, 6.45) is 0. The monoisotopic (exact) mass is 398 g/mol. The number of rotatable bonds is 8. The van der Waals surface area contributed by atoms with Crippen molar-refractivity contribution in [2.45, 2.75) is 26.6 Å². The second-order valence-corrected chi connectivity index (χ2v) is 7.09. The zero-order valence-corrected chi connectivity index (χ0v) is 16.6. The molecule has 28 heavy (non-hydrogen) atoms. The van der Waals surface area contributed by atoms with Crippen molar-refractivity contribution in [1.29, 1.82) is 0 Å². The van der Waals surface area contributed by atoms with Crippen LogP contribution in [0.1, 0.15) is 16.8 Å². The van der Waals surface area contributed by atoms with Crippen molar-refractivity contribution in [1.82, 2.24) is 9.88 Å². The van der Waals surface area contributed by atoms with E-state index in [1.807, 2.05) is 55.5 Å². The number of methoxy groups -OCH3 is 1. The van der Waals surface area contributed by atoms with Crippen LogP contribution < -0.4 is 19.7 Å². The van der Waals surface area contributed by atoms with Crippen LogP contribution in [0.3, 0.4) is 0 Å². The number of benzene rings is 2. The first-order valence-corrected chi connectivity index (χ1v) is 9.70. The highest BCUT2D eigenvalue weighted by atomic mass is 32.1. The first kappa shape index (κ1) is 19.7. The molecule has 0 aliphatic heterocycles. The lowest BCUT2D eigenvalue weighted by Crippen LogP contribution is -2.30. The van der Waals surface area contributed by atoms with Crippen molar-refractivity contribution in [3.05, 3.63) is 80.4 Å². The van der Waals surface area contributed by atoms with Crippen LogP contribution in [-0.4, -0.2) is 17.6 Å². The topological polar surface area (TPSA) is 69.6 Å². The summed E-state index contributed by atoms with van der Waals surface area (Å²) in [6, 6.07) is 15.4. The lowest BCUT2D eigenvalue weighted by atomic mass is 10.2. The van der Waals surface area contributed by atoms with E-state index in [9.17, 15) is 9.59 Å². The summed E-state index contributed by atoms with van der Waals surface area (Å²) in [4.78, 5) is 23.7. The minimum atomic E-state index is -0.216. The molecular weight excluding hydrogens is 376 g/mol. The molecule has 3 rings (SSSR count). The standard InChI is InChI=1S/C21H22N2O4S/c1-15-14-28-21(25)23(15)12-20(24)22-11-17-8-9-18(19(10-17)26-2)27-13-16-6-4-3-5-7-16/h3-10,14H,11-13H2,1-2H3,(H,22,24). The minimum Gasteiger partial charge on any atom is -0.493 e. The van der Waals surface area contributed by atoms with Crippen molar-refractivity contribution in [2.75, 3.05) is 7.11 Å². The molecule has 6 nitrogen and oxygen atoms in total. The molecule has 146 valence electrons. The number of carbonyl (C=O) groups excluding carboxylic acids is 1. The Kier molecular flexibility index (Phi) is 6.49. The van der Waals surface area contributed by atoms with Crippen LogP contribution in [0.15, 0.2) is 58.7 Å². The minimum absolute atomic E-state index is 0.0174. The van der Waals surface area contributed by atoms with E-state index in [2.05, 4.69) is 5.32 Å². The molecule has 0 atom stereocenters. The molecule has 0 spiro atoms. The number of carbonyl (C=O) groups is 1. The quantitative estimate of drug-likeness (QED) is 0.633. The Morgan fingerprint density at radius 3 is 2.57 bits per heavy atom. The second kappa shape index (κ2) is 9.23. The van der Waals surface area contributed by atoms with Gasteiger partial charge in [-0.25, -0.2) is 0 Å². The van der Waals surface area contributed by atoms with Crippen molar-refractivity contribution < 1.29 is 14.3 Å². The SMILES string of the molecule is COc1cc(CNC(=O)Cn2c(C)csc2=O)ccc1OCc1ccccc1. The number of nitrogens with one attached hydrogen (secondary N) is 1. The molecule has 1 N–H and O–H groups in total. The van der Waals surface area contributed by atoms with Crippen molar-refractivity contribution >= 4 is 17.2 Å². The van der Waals surface area contributed by atoms with Crippen LogP contribution in [0.4, 0.5) is 0 Å². The normalized spacial score (nSPS) is 10.5. The summed E-state index contributed by atoms with van der Waals surface area (Å²) in [5.74, 6) is 1.03. The number of ether oxygens (including phenoxy) is 2. The second-order valence-electron chi connectivity index (χ2n) is 6.27. The van der Waals surface area contributed by atoms with E-state index >= 15 is 0 Å². The third-order valence-corrected chi connectivity index (χ3v) is 5.11. The molecule has 0 saturated carbocycles. The van der Waals surface area contributed by atoms with Crippen molar-refractivity contribution in [3.63, 3.8) is 0 Å². The highest BCUT2D eigenvalue weighted by Gasteiger charge is 2.10. The van der Waals surface area contributed by atoms with Crippen molar-refractivity contribution in [2.24, 2.45) is 0 Å². The molecule has 0 bridgehead atoms. The van der Waals surface area contributed by atoms with E-state index < -0.39 is 0 Å². The van der Waals surface area contributed by atoms with Gasteiger partial charge in [-0.05, 0) is 30.2 Å². The van der Waals surface area contributed by atoms with Gasteiger partial charge in [0.15, 0.2) is 11.5 Å². The Morgan fingerprint density at radius 2 is 1.89 bits per heavy atom. The van der Waals surface area contributed by atoms with E-state index in [0.29, 0.717) is 24.7 Å². The average Bonchev–Trinajstić information content (AvgIpc) is 3.03. The predicted octanol–water partition coefficient (Wildman–Crippen LogP) is 3.12. The first-order valence-electron chi connectivity index (χ1n) is 8.82. The lowest BCUT2D eigenvalue weighted by Gasteiger charge is -2.13. The summed E-state index contributed by atoms with van der Waals surface area (Å²) in [5, 5.41) is 4.57. The Bertz CT molecular complexity index is 995. The maximum absolute atomic E-state index is 12.1. The molecule has 7 heteroatoms. The highest BCUT2D eigenvalue weighted by molar-refractivity contribution is 7.07. The van der Waals surface area contributed by atoms with Gasteiger partial charge in [0.05, 0.1) is 7.11 Å². The summed E-state index contributed by atoms with van der Waals surface area (Å²) >= 11 is 1.09. The van der Waals surface area contributed by atoms with Gasteiger partial charge in [0, 0.05) is 17.6 Å². The Morgan fingerprint density at radius 1 is 1.11 bits per heavy atom. The highest BCUT2D eigenvalue weighted by Crippen LogP contribution is 2.28. The molecule has 2 aromatic carbocycles. The van der Waals surface area contributed by atoms with E-state index in [-0.39, 0.29) is 17.3 Å². The lowest BCUT2D eigenvalue weighted by molar-refractivity contribution is -0.121. The van der Waals surface area contributed by atoms with E-state index in [0.717, 1.165) is 28.2 Å². The number of aromatic nitrogens is 1. The van der Waals surface area contributed by atoms with Gasteiger partial charge in [-0.2, -0.15) is 0 Å². The summed E-state index contributed by atoms with van der Waals surface area (Å²) in [6.45, 7) is 2.61. The summed E-state index contributed by atoms with van der Waals surface area (Å²) < 4.78 is 12.7. The van der Waals surface area contributed by atoms with Crippen LogP contribution in [0.25, 0.3) is 0 Å². The maximum atomic E-state index is 12.1. The van der Waals surface area contributed by atoms with Crippen molar-refractivity contribution in [3.8, 4) is 11.5 Å². The van der Waals surface area contributed by atoms with Gasteiger partial charge < -0.3 is 14.8 Å². The summed E-state index contributed by atoms with van der Waals surface area (Å²) in [5.41, 5.74) is 2.73. The third-order valence-electron chi connectivity index (χ3n) is 4.23. The molecule has 1 heterocycles. The van der Waals surface area contributed by atoms with Crippen LogP contribution in [0.2, 0.25) is 0 Å². The number of aryl methyl sites for hydroxylation is 1. The Balaban J connectivity index is 1.58. The zero-order valence-electron chi connectivity index (χ0n) is 15.8. The van der Waals surface area contributed by atoms with Crippen LogP contribution in [-0.2, 0) is 24.5 Å². The van der Waals surface area contributed by atoms with E-state index in [4.69, 9.17) is 9.47 Å². The number of hydrogen-bond acceptors (Lipinski definition) is 5. The smallest absolute Gasteiger partial charge is 0.307 e. The van der Waals surface area contributed by atoms with Crippen LogP contribution in [0, 0.1) is 6.92 Å². The molecule has 0 saturated heterocycles. The number of amides is 1. The van der Waals surface area contributed by atoms with Crippen LogP contribution >= 0.6 is 11.3 Å². The van der Waals surface area contributed by atoms with Gasteiger partial charge in [-0.3, -0.25) is 14.2 Å². The average molecular weight is 398 g/mol. The van der Waals surface area contributed by atoms with Gasteiger partial charge in [0.25, 0.3) is 0 Å². The Hall–Kier alpha value is -3.06. The van der Waals surface area contributed by atoms with Gasteiger partial charge in [-0.1, -0.05) is 47.7 Å². The predicted molar refractivity (Wildman–Crippen MR) is 109 cm³/mol. The fourth-order valence-corrected chi connectivity index (χ4v) is 3.41. The van der Waals surface area contributed by atoms with E-state index in [1.165, 1.54) is 4.57 Å². The largest absolute Gasteiger partial charge is 0.493 e. The number of nitrogens with zero attached hydrogens (tertiary/aromatic N) is 1. The van der Waals surface area contributed by atoms with Gasteiger partial charge in [-0.15, -0.1) is 0 Å². The zero-order chi connectivity index (χ0) is 19.9. The van der Waals surface area contributed by atoms with Gasteiger partial charge in [0.2, 0.25) is 5.91 Å². The molecule has 0 aliphatic rings. The maximum Gasteiger partial charge on any atom is 0.307 e.